The van der Waals surface area contributed by atoms with Gasteiger partial charge in [0.15, 0.2) is 0 Å². The summed E-state index contributed by atoms with van der Waals surface area (Å²) in [5.74, 6) is 0.849. The number of anilines is 2. The molecule has 26 heavy (non-hydrogen) atoms. The molecular weight excluding hydrogens is 322 g/mol. The summed E-state index contributed by atoms with van der Waals surface area (Å²) in [5.41, 5.74) is 3.69. The highest BCUT2D eigenvalue weighted by atomic mass is 16.1. The maximum Gasteiger partial charge on any atom is 0.250 e. The van der Waals surface area contributed by atoms with Crippen LogP contribution in [0.2, 0.25) is 0 Å². The minimum atomic E-state index is -1.45. The molecule has 138 valence electrons. The molecule has 4 nitrogen and oxygen atoms in total. The van der Waals surface area contributed by atoms with E-state index < -0.39 is 25.5 Å². The predicted octanol–water partition coefficient (Wildman–Crippen LogP) is 3.70. The van der Waals surface area contributed by atoms with Crippen molar-refractivity contribution in [2.75, 3.05) is 18.0 Å². The molecule has 2 aliphatic rings. The van der Waals surface area contributed by atoms with Crippen molar-refractivity contribution in [1.82, 2.24) is 9.47 Å². The molecule has 1 aliphatic carbocycles. The minimum absolute atomic E-state index is 0.407. The molecule has 0 amide bonds. The van der Waals surface area contributed by atoms with Crippen molar-refractivity contribution in [2.24, 2.45) is 12.9 Å². The van der Waals surface area contributed by atoms with Crippen LogP contribution in [0.1, 0.15) is 43.3 Å². The van der Waals surface area contributed by atoms with Gasteiger partial charge in [-0.05, 0) is 68.3 Å². The second-order valence-corrected chi connectivity index (χ2v) is 7.62. The first-order chi connectivity index (χ1) is 14.3. The lowest BCUT2D eigenvalue weighted by Gasteiger charge is -2.33. The third kappa shape index (κ3) is 3.56. The number of hydrogen-bond acceptors (Lipinski definition) is 3. The van der Waals surface area contributed by atoms with Crippen LogP contribution < -0.4 is 10.5 Å². The second-order valence-electron chi connectivity index (χ2n) is 7.62. The fraction of sp³-hybridized carbons (Fsp3) is 0.500. The van der Waals surface area contributed by atoms with E-state index >= 15 is 0 Å². The van der Waals surface area contributed by atoms with Crippen LogP contribution in [-0.2, 0) is 20.0 Å². The summed E-state index contributed by atoms with van der Waals surface area (Å²) in [7, 11) is 0. The van der Waals surface area contributed by atoms with Crippen molar-refractivity contribution in [3.8, 4) is 0 Å². The van der Waals surface area contributed by atoms with Gasteiger partial charge in [-0.25, -0.2) is 0 Å². The molecule has 1 aromatic carbocycles. The van der Waals surface area contributed by atoms with Gasteiger partial charge in [-0.1, -0.05) is 6.07 Å². The summed E-state index contributed by atoms with van der Waals surface area (Å²) in [6, 6.07) is 8.83. The van der Waals surface area contributed by atoms with Crippen molar-refractivity contribution in [3.63, 3.8) is 0 Å². The molecule has 1 saturated carbocycles. The molecule has 1 fully saturated rings. The Bertz CT molecular complexity index is 958. The highest BCUT2D eigenvalue weighted by molar-refractivity contribution is 5.64. The van der Waals surface area contributed by atoms with Crippen molar-refractivity contribution in [3.05, 3.63) is 58.0 Å². The lowest BCUT2D eigenvalue weighted by atomic mass is 9.98. The normalized spacial score (nSPS) is 20.9. The average Bonchev–Trinajstić information content (AvgIpc) is 3.52. The molecule has 0 radical (unpaired) electrons. The highest BCUT2D eigenvalue weighted by Crippen LogP contribution is 2.34. The smallest absolute Gasteiger partial charge is 0.250 e. The first-order valence-electron chi connectivity index (χ1n) is 11.7. The van der Waals surface area contributed by atoms with Gasteiger partial charge >= 0.3 is 0 Å². The third-order valence-corrected chi connectivity index (χ3v) is 5.38. The van der Waals surface area contributed by atoms with Gasteiger partial charge in [-0.3, -0.25) is 9.69 Å². The molecule has 2 heterocycles. The minimum Gasteiger partial charge on any atom is -0.338 e. The molecule has 2 aromatic rings. The highest BCUT2D eigenvalue weighted by Gasteiger charge is 2.26. The second kappa shape index (κ2) is 6.92. The Morgan fingerprint density at radius 3 is 2.85 bits per heavy atom. The lowest BCUT2D eigenvalue weighted by molar-refractivity contribution is 0.244. The molecule has 0 saturated heterocycles. The van der Waals surface area contributed by atoms with Crippen LogP contribution in [0.15, 0.2) is 41.3 Å². The first kappa shape index (κ1) is 13.2. The fourth-order valence-corrected chi connectivity index (χ4v) is 3.83. The molecule has 0 spiro atoms. The number of nitrogens with zero attached hydrogens (tertiary/aromatic N) is 3. The van der Waals surface area contributed by atoms with Gasteiger partial charge < -0.3 is 9.47 Å². The monoisotopic (exact) mass is 355 g/mol. The van der Waals surface area contributed by atoms with Crippen molar-refractivity contribution < 1.29 is 5.48 Å². The van der Waals surface area contributed by atoms with Crippen LogP contribution in [0, 0.1) is 5.92 Å². The summed E-state index contributed by atoms with van der Waals surface area (Å²) in [5, 5.41) is 0. The number of pyridine rings is 1. The number of aryl methyl sites for hydroxylation is 1. The molecular formula is C22H29N3O. The Hall–Kier alpha value is -2.07. The van der Waals surface area contributed by atoms with Crippen LogP contribution in [0.5, 0.6) is 0 Å². The van der Waals surface area contributed by atoms with Crippen molar-refractivity contribution in [2.45, 2.75) is 45.6 Å². The molecule has 1 atom stereocenters. The van der Waals surface area contributed by atoms with E-state index in [1.54, 1.807) is 6.07 Å². The zero-order valence-electron chi connectivity index (χ0n) is 19.3. The quantitative estimate of drug-likeness (QED) is 0.819. The predicted molar refractivity (Wildman–Crippen MR) is 107 cm³/mol. The third-order valence-electron chi connectivity index (χ3n) is 5.38. The Morgan fingerprint density at radius 2 is 2.08 bits per heavy atom. The van der Waals surface area contributed by atoms with Gasteiger partial charge in [0, 0.05) is 56.1 Å². The van der Waals surface area contributed by atoms with Gasteiger partial charge in [0.25, 0.3) is 0 Å². The lowest BCUT2D eigenvalue weighted by Crippen LogP contribution is -2.33. The van der Waals surface area contributed by atoms with E-state index in [1.165, 1.54) is 36.2 Å². The standard InChI is InChI=1S/C22H29N3O/c1-16(2)25(21-8-9-22(26)23(3)15-21)20-7-6-18-10-11-24(13-17-4-5-17)14-19(18)12-20/h6-9,12,15-17H,4-5,10-11,13-14H2,1-3H3/i1D2,3D2. The first-order valence-corrected chi connectivity index (χ1v) is 9.38. The zero-order chi connectivity index (χ0) is 21.4. The Morgan fingerprint density at radius 1 is 1.23 bits per heavy atom. The number of aromatic nitrogens is 1. The molecule has 4 rings (SSSR count). The summed E-state index contributed by atoms with van der Waals surface area (Å²) >= 11 is 0. The molecule has 0 bridgehead atoms. The molecule has 1 aliphatic heterocycles. The van der Waals surface area contributed by atoms with Crippen LogP contribution in [-0.4, -0.2) is 28.6 Å². The van der Waals surface area contributed by atoms with E-state index in [9.17, 15) is 4.79 Å². The molecule has 0 N–H and O–H groups in total. The largest absolute Gasteiger partial charge is 0.338 e. The van der Waals surface area contributed by atoms with E-state index in [0.717, 1.165) is 42.2 Å². The van der Waals surface area contributed by atoms with Gasteiger partial charge in [0.1, 0.15) is 0 Å². The van der Waals surface area contributed by atoms with Crippen LogP contribution in [0.3, 0.4) is 0 Å². The molecule has 4 heteroatoms. The van der Waals surface area contributed by atoms with Crippen molar-refractivity contribution in [1.29, 1.82) is 0 Å². The van der Waals surface area contributed by atoms with Crippen LogP contribution in [0.4, 0.5) is 11.4 Å². The summed E-state index contributed by atoms with van der Waals surface area (Å²) in [6.45, 7) is 2.42. The Labute approximate surface area is 161 Å². The number of rotatable bonds is 5. The SMILES string of the molecule is [2H]C([2H])C(C)N(c1ccc2c(c1)CN(CC1CC1)CC2)c1ccc(=O)n(C([2H])[2H])c1. The van der Waals surface area contributed by atoms with E-state index in [-0.39, 0.29) is 0 Å². The Balaban J connectivity index is 1.70. The number of fused-ring (bicyclic) bond motifs is 1. The van der Waals surface area contributed by atoms with E-state index in [1.807, 2.05) is 17.9 Å². The fourth-order valence-electron chi connectivity index (χ4n) is 3.83. The number of hydrogen-bond donors (Lipinski definition) is 0. The maximum atomic E-state index is 12.0. The van der Waals surface area contributed by atoms with Gasteiger partial charge in [-0.15, -0.1) is 0 Å². The van der Waals surface area contributed by atoms with Crippen LogP contribution in [0.25, 0.3) is 0 Å². The maximum absolute atomic E-state index is 12.0. The van der Waals surface area contributed by atoms with Gasteiger partial charge in [0.05, 0.1) is 5.69 Å². The van der Waals surface area contributed by atoms with Crippen molar-refractivity contribution >= 4 is 11.4 Å². The van der Waals surface area contributed by atoms with E-state index in [0.29, 0.717) is 5.69 Å². The summed E-state index contributed by atoms with van der Waals surface area (Å²) in [4.78, 5) is 16.4. The summed E-state index contributed by atoms with van der Waals surface area (Å²) in [6.07, 6.45) is 5.20. The van der Waals surface area contributed by atoms with E-state index in [4.69, 9.17) is 5.48 Å². The molecule has 1 aromatic heterocycles. The molecule has 1 unspecified atom stereocenters. The number of benzene rings is 1. The van der Waals surface area contributed by atoms with Gasteiger partial charge in [-0.2, -0.15) is 0 Å². The topological polar surface area (TPSA) is 28.5 Å². The van der Waals surface area contributed by atoms with Crippen LogP contribution >= 0.6 is 0 Å². The van der Waals surface area contributed by atoms with E-state index in [2.05, 4.69) is 17.0 Å². The average molecular weight is 356 g/mol. The van der Waals surface area contributed by atoms with Gasteiger partial charge in [0.2, 0.25) is 5.56 Å². The zero-order valence-corrected chi connectivity index (χ0v) is 15.3. The summed E-state index contributed by atoms with van der Waals surface area (Å²) < 4.78 is 32.3. The Kier molecular flexibility index (Phi) is 3.50.